The normalized spacial score (nSPS) is 12.7. The van der Waals surface area contributed by atoms with Gasteiger partial charge in [0, 0.05) is 12.8 Å². The molecule has 9 heteroatoms. The Balaban J connectivity index is 3.91. The molecule has 0 spiro atoms. The summed E-state index contributed by atoms with van der Waals surface area (Å²) in [5, 5.41) is 0. The van der Waals surface area contributed by atoms with E-state index in [-0.39, 0.29) is 19.4 Å². The number of esters is 2. The first-order chi connectivity index (χ1) is 22.8. The lowest BCUT2D eigenvalue weighted by atomic mass is 10.1. The maximum atomic E-state index is 12.4. The van der Waals surface area contributed by atoms with E-state index in [1.165, 1.54) is 103 Å². The molecule has 2 N–H and O–H groups in total. The Morgan fingerprint density at radius 3 is 1.45 bits per heavy atom. The third kappa shape index (κ3) is 37.2. The van der Waals surface area contributed by atoms with Gasteiger partial charge in [0.1, 0.15) is 6.61 Å². The summed E-state index contributed by atoms with van der Waals surface area (Å²) in [5.74, 6) is -0.887. The highest BCUT2D eigenvalue weighted by Gasteiger charge is 2.22. The minimum Gasteiger partial charge on any atom is -0.462 e. The van der Waals surface area contributed by atoms with Gasteiger partial charge in [-0.05, 0) is 44.9 Å². The molecule has 0 amide bonds. The van der Waals surface area contributed by atoms with Gasteiger partial charge in [-0.2, -0.15) is 0 Å². The number of ether oxygens (including phenoxy) is 2. The molecule has 0 saturated carbocycles. The van der Waals surface area contributed by atoms with Crippen molar-refractivity contribution in [3.63, 3.8) is 0 Å². The van der Waals surface area contributed by atoms with Crippen molar-refractivity contribution in [3.05, 3.63) is 24.3 Å². The molecule has 0 aliphatic heterocycles. The Morgan fingerprint density at radius 2 is 0.957 bits per heavy atom. The van der Waals surface area contributed by atoms with E-state index >= 15 is 0 Å². The van der Waals surface area contributed by atoms with Gasteiger partial charge in [0.25, 0.3) is 0 Å². The summed E-state index contributed by atoms with van der Waals surface area (Å²) in [4.78, 5) is 42.6. The zero-order chi connectivity index (χ0) is 34.7. The summed E-state index contributed by atoms with van der Waals surface area (Å²) < 4.78 is 26.3. The lowest BCUT2D eigenvalue weighted by Crippen LogP contribution is -2.29. The second-order valence-corrected chi connectivity index (χ2v) is 14.1. The van der Waals surface area contributed by atoms with Crippen LogP contribution >= 0.6 is 7.82 Å². The van der Waals surface area contributed by atoms with Crippen LogP contribution in [0.15, 0.2) is 24.3 Å². The van der Waals surface area contributed by atoms with Crippen LogP contribution in [0.25, 0.3) is 0 Å². The molecule has 0 radical (unpaired) electrons. The Hall–Kier alpha value is -1.47. The lowest BCUT2D eigenvalue weighted by molar-refractivity contribution is -0.161. The molecular formula is C38H71O8P. The molecule has 276 valence electrons. The minimum absolute atomic E-state index is 0.209. The number of hydrogen-bond acceptors (Lipinski definition) is 6. The fourth-order valence-electron chi connectivity index (χ4n) is 5.34. The average molecular weight is 687 g/mol. The van der Waals surface area contributed by atoms with Crippen LogP contribution in [0.5, 0.6) is 0 Å². The summed E-state index contributed by atoms with van der Waals surface area (Å²) in [5.41, 5.74) is 0. The van der Waals surface area contributed by atoms with Gasteiger partial charge in [0.15, 0.2) is 6.10 Å². The highest BCUT2D eigenvalue weighted by molar-refractivity contribution is 7.46. The van der Waals surface area contributed by atoms with Crippen molar-refractivity contribution < 1.29 is 37.9 Å². The number of phosphoric acid groups is 1. The van der Waals surface area contributed by atoms with Crippen LogP contribution in [0, 0.1) is 0 Å². The zero-order valence-electron chi connectivity index (χ0n) is 30.2. The molecular weight excluding hydrogens is 615 g/mol. The topological polar surface area (TPSA) is 119 Å². The summed E-state index contributed by atoms with van der Waals surface area (Å²) >= 11 is 0. The molecule has 0 rings (SSSR count). The molecule has 0 aromatic heterocycles. The maximum Gasteiger partial charge on any atom is 0.469 e. The zero-order valence-corrected chi connectivity index (χ0v) is 31.1. The number of phosphoric ester groups is 1. The first kappa shape index (κ1) is 45.5. The molecule has 0 aromatic rings. The number of carbonyl (C=O) groups is 2. The van der Waals surface area contributed by atoms with Crippen molar-refractivity contribution >= 4 is 19.8 Å². The molecule has 0 aromatic carbocycles. The van der Waals surface area contributed by atoms with Crippen molar-refractivity contribution in [2.45, 2.75) is 193 Å². The van der Waals surface area contributed by atoms with Gasteiger partial charge in [-0.3, -0.25) is 14.1 Å². The number of rotatable bonds is 35. The van der Waals surface area contributed by atoms with E-state index in [9.17, 15) is 14.2 Å². The standard InChI is InChI=1S/C38H71O8P/c1-3-5-7-9-11-13-15-16-17-18-19-20-21-22-23-25-27-29-31-33-38(40)46-36(35-45-47(41,42)43)34-44-37(39)32-30-28-26-24-14-12-10-8-6-4-2/h11,13,16-17,36H,3-10,12,14-15,18-35H2,1-2H3,(H2,41,42,43)/b13-11-,17-16-. The second kappa shape index (κ2) is 34.4. The van der Waals surface area contributed by atoms with E-state index in [1.54, 1.807) is 0 Å². The van der Waals surface area contributed by atoms with Crippen LogP contribution < -0.4 is 0 Å². The third-order valence-corrected chi connectivity index (χ3v) is 8.71. The summed E-state index contributed by atoms with van der Waals surface area (Å²) in [6.07, 6.45) is 37.6. The minimum atomic E-state index is -4.74. The van der Waals surface area contributed by atoms with Gasteiger partial charge in [-0.15, -0.1) is 0 Å². The SMILES string of the molecule is CCCCC/C=C\C/C=C\CCCCCCCCCCCC(=O)OC(COC(=O)CCCCCCCCCCCC)COP(=O)(O)O. The first-order valence-electron chi connectivity index (χ1n) is 19.1. The van der Waals surface area contributed by atoms with E-state index in [2.05, 4.69) is 42.7 Å². The van der Waals surface area contributed by atoms with E-state index in [0.29, 0.717) is 6.42 Å². The summed E-state index contributed by atoms with van der Waals surface area (Å²) in [6, 6.07) is 0. The van der Waals surface area contributed by atoms with Crippen molar-refractivity contribution in [2.75, 3.05) is 13.2 Å². The summed E-state index contributed by atoms with van der Waals surface area (Å²) in [6.45, 7) is 3.64. The Bertz CT molecular complexity index is 823. The van der Waals surface area contributed by atoms with Crippen LogP contribution in [0.1, 0.15) is 187 Å². The molecule has 47 heavy (non-hydrogen) atoms. The van der Waals surface area contributed by atoms with Crippen LogP contribution in [0.3, 0.4) is 0 Å². The van der Waals surface area contributed by atoms with Gasteiger partial charge in [0.05, 0.1) is 6.61 Å². The van der Waals surface area contributed by atoms with Gasteiger partial charge in [-0.1, -0.05) is 154 Å². The molecule has 1 unspecified atom stereocenters. The maximum absolute atomic E-state index is 12.4. The molecule has 0 saturated heterocycles. The number of carbonyl (C=O) groups excluding carboxylic acids is 2. The summed E-state index contributed by atoms with van der Waals surface area (Å²) in [7, 11) is -4.74. The predicted octanol–water partition coefficient (Wildman–Crippen LogP) is 11.2. The molecule has 8 nitrogen and oxygen atoms in total. The van der Waals surface area contributed by atoms with Gasteiger partial charge in [0.2, 0.25) is 0 Å². The number of unbranched alkanes of at least 4 members (excludes halogenated alkanes) is 21. The van der Waals surface area contributed by atoms with E-state index in [0.717, 1.165) is 51.4 Å². The first-order valence-corrected chi connectivity index (χ1v) is 20.7. The molecule has 0 bridgehead atoms. The van der Waals surface area contributed by atoms with Crippen molar-refractivity contribution in [1.29, 1.82) is 0 Å². The van der Waals surface area contributed by atoms with E-state index in [1.807, 2.05) is 0 Å². The Kier molecular flexibility index (Phi) is 33.3. The number of hydrogen-bond donors (Lipinski definition) is 2. The average Bonchev–Trinajstić information content (AvgIpc) is 3.04. The van der Waals surface area contributed by atoms with Crippen molar-refractivity contribution in [3.8, 4) is 0 Å². The second-order valence-electron chi connectivity index (χ2n) is 12.9. The Labute approximate surface area is 288 Å². The quantitative estimate of drug-likeness (QED) is 0.0292. The van der Waals surface area contributed by atoms with Crippen molar-refractivity contribution in [2.24, 2.45) is 0 Å². The smallest absolute Gasteiger partial charge is 0.462 e. The fourth-order valence-corrected chi connectivity index (χ4v) is 5.70. The van der Waals surface area contributed by atoms with Gasteiger partial charge < -0.3 is 19.3 Å². The van der Waals surface area contributed by atoms with Gasteiger partial charge in [-0.25, -0.2) is 4.57 Å². The monoisotopic (exact) mass is 686 g/mol. The van der Waals surface area contributed by atoms with E-state index in [4.69, 9.17) is 19.3 Å². The van der Waals surface area contributed by atoms with Crippen molar-refractivity contribution in [1.82, 2.24) is 0 Å². The number of allylic oxidation sites excluding steroid dienone is 4. The molecule has 0 aliphatic carbocycles. The molecule has 0 fully saturated rings. The lowest BCUT2D eigenvalue weighted by Gasteiger charge is -2.18. The Morgan fingerprint density at radius 1 is 0.553 bits per heavy atom. The molecule has 1 atom stereocenters. The van der Waals surface area contributed by atoms with Crippen LogP contribution in [-0.2, 0) is 28.2 Å². The van der Waals surface area contributed by atoms with E-state index < -0.39 is 32.5 Å². The van der Waals surface area contributed by atoms with Crippen LogP contribution in [-0.4, -0.2) is 41.0 Å². The largest absolute Gasteiger partial charge is 0.469 e. The third-order valence-electron chi connectivity index (χ3n) is 8.22. The van der Waals surface area contributed by atoms with Crippen LogP contribution in [0.2, 0.25) is 0 Å². The fraction of sp³-hybridized carbons (Fsp3) is 0.842. The molecule has 0 aliphatic rings. The highest BCUT2D eigenvalue weighted by atomic mass is 31.2. The predicted molar refractivity (Wildman–Crippen MR) is 193 cm³/mol. The van der Waals surface area contributed by atoms with Crippen LogP contribution in [0.4, 0.5) is 0 Å². The molecule has 0 heterocycles. The van der Waals surface area contributed by atoms with Gasteiger partial charge >= 0.3 is 19.8 Å². The highest BCUT2D eigenvalue weighted by Crippen LogP contribution is 2.36.